The minimum absolute atomic E-state index is 1.23. The second-order valence-corrected chi connectivity index (χ2v) is 7.22. The third-order valence-corrected chi connectivity index (χ3v) is 5.36. The van der Waals surface area contributed by atoms with E-state index in [-0.39, 0.29) is 0 Å². The Morgan fingerprint density at radius 3 is 1.10 bits per heavy atom. The fourth-order valence-corrected chi connectivity index (χ4v) is 3.63. The maximum absolute atomic E-state index is 2.17. The molecule has 0 spiro atoms. The van der Waals surface area contributed by atoms with Crippen LogP contribution < -0.4 is 9.80 Å². The Morgan fingerprint density at radius 2 is 0.850 bits per heavy atom. The summed E-state index contributed by atoms with van der Waals surface area (Å²) in [5.41, 5.74) is 2.46. The van der Waals surface area contributed by atoms with Crippen LogP contribution in [0.2, 0.25) is 0 Å². The molecule has 2 aromatic rings. The van der Waals surface area contributed by atoms with Crippen molar-refractivity contribution in [3.63, 3.8) is 0 Å². The Balaban J connectivity index is 1.94. The topological polar surface area (TPSA) is 6.48 Å². The van der Waals surface area contributed by atoms with Crippen LogP contribution >= 0.6 is 21.6 Å². The third kappa shape index (κ3) is 4.12. The number of hydrogen-bond acceptors (Lipinski definition) is 4. The summed E-state index contributed by atoms with van der Waals surface area (Å²) in [5, 5.41) is 0. The van der Waals surface area contributed by atoms with E-state index in [9.17, 15) is 0 Å². The van der Waals surface area contributed by atoms with Gasteiger partial charge in [-0.15, -0.1) is 0 Å². The van der Waals surface area contributed by atoms with E-state index in [2.05, 4.69) is 86.5 Å². The molecular formula is C16H20N2S2. The van der Waals surface area contributed by atoms with Crippen LogP contribution in [0.1, 0.15) is 0 Å². The van der Waals surface area contributed by atoms with E-state index in [0.29, 0.717) is 0 Å². The molecule has 0 N–H and O–H groups in total. The molecule has 106 valence electrons. The predicted molar refractivity (Wildman–Crippen MR) is 93.3 cm³/mol. The Morgan fingerprint density at radius 1 is 0.550 bits per heavy atom. The molecule has 0 fully saturated rings. The lowest BCUT2D eigenvalue weighted by Gasteiger charge is -2.13. The molecule has 0 aliphatic carbocycles. The lowest BCUT2D eigenvalue weighted by Crippen LogP contribution is -2.07. The molecule has 0 aliphatic rings. The summed E-state index contributed by atoms with van der Waals surface area (Å²) >= 11 is 0. The molecule has 0 unspecified atom stereocenters. The van der Waals surface area contributed by atoms with E-state index in [1.54, 1.807) is 21.6 Å². The van der Waals surface area contributed by atoms with Crippen molar-refractivity contribution in [2.45, 2.75) is 9.79 Å². The molecule has 20 heavy (non-hydrogen) atoms. The van der Waals surface area contributed by atoms with E-state index in [1.165, 1.54) is 21.2 Å². The zero-order valence-corrected chi connectivity index (χ0v) is 14.0. The molecule has 0 aromatic heterocycles. The van der Waals surface area contributed by atoms with Crippen molar-refractivity contribution >= 4 is 33.0 Å². The summed E-state index contributed by atoms with van der Waals surface area (Å²) in [5.74, 6) is 0. The van der Waals surface area contributed by atoms with Crippen LogP contribution in [0.3, 0.4) is 0 Å². The third-order valence-electron chi connectivity index (χ3n) is 2.94. The highest BCUT2D eigenvalue weighted by molar-refractivity contribution is 8.76. The average molecular weight is 304 g/mol. The van der Waals surface area contributed by atoms with Gasteiger partial charge in [-0.2, -0.15) is 0 Å². The largest absolute Gasteiger partial charge is 0.378 e. The Labute approximate surface area is 129 Å². The second kappa shape index (κ2) is 6.95. The molecule has 0 aliphatic heterocycles. The average Bonchev–Trinajstić information content (AvgIpc) is 2.46. The molecule has 0 saturated heterocycles. The Kier molecular flexibility index (Phi) is 5.26. The van der Waals surface area contributed by atoms with Crippen LogP contribution in [0.4, 0.5) is 11.4 Å². The quantitative estimate of drug-likeness (QED) is 0.743. The fraction of sp³-hybridized carbons (Fsp3) is 0.250. The van der Waals surface area contributed by atoms with E-state index in [0.717, 1.165) is 0 Å². The van der Waals surface area contributed by atoms with Crippen molar-refractivity contribution in [2.75, 3.05) is 38.0 Å². The SMILES string of the molecule is CN(C)c1ccc(SSc2ccc(N(C)C)cc2)cc1. The summed E-state index contributed by atoms with van der Waals surface area (Å²) in [4.78, 5) is 6.78. The van der Waals surface area contributed by atoms with Crippen LogP contribution in [0, 0.1) is 0 Å². The molecule has 2 rings (SSSR count). The van der Waals surface area contributed by atoms with Crippen molar-refractivity contribution in [2.24, 2.45) is 0 Å². The van der Waals surface area contributed by atoms with Gasteiger partial charge in [-0.1, -0.05) is 21.6 Å². The number of hydrogen-bond donors (Lipinski definition) is 0. The van der Waals surface area contributed by atoms with Crippen molar-refractivity contribution in [1.29, 1.82) is 0 Å². The van der Waals surface area contributed by atoms with Crippen LogP contribution in [0.25, 0.3) is 0 Å². The summed E-state index contributed by atoms with van der Waals surface area (Å²) < 4.78 is 0. The number of anilines is 2. The van der Waals surface area contributed by atoms with Gasteiger partial charge >= 0.3 is 0 Å². The van der Waals surface area contributed by atoms with Crippen molar-refractivity contribution in [3.8, 4) is 0 Å². The van der Waals surface area contributed by atoms with Gasteiger partial charge < -0.3 is 9.80 Å². The molecule has 4 heteroatoms. The molecule has 0 atom stereocenters. The standard InChI is InChI=1S/C16H20N2S2/c1-17(2)13-5-9-15(10-6-13)19-20-16-11-7-14(8-12-16)18(3)4/h5-12H,1-4H3. The monoisotopic (exact) mass is 304 g/mol. The van der Waals surface area contributed by atoms with Gasteiger partial charge in [0, 0.05) is 49.4 Å². The van der Waals surface area contributed by atoms with E-state index in [4.69, 9.17) is 0 Å². The predicted octanol–water partition coefficient (Wildman–Crippen LogP) is 4.62. The highest BCUT2D eigenvalue weighted by atomic mass is 33.1. The van der Waals surface area contributed by atoms with E-state index >= 15 is 0 Å². The molecule has 0 amide bonds. The van der Waals surface area contributed by atoms with Gasteiger partial charge in [0.15, 0.2) is 0 Å². The van der Waals surface area contributed by atoms with Gasteiger partial charge in [0.2, 0.25) is 0 Å². The first-order valence-electron chi connectivity index (χ1n) is 6.45. The van der Waals surface area contributed by atoms with E-state index in [1.807, 2.05) is 0 Å². The first kappa shape index (κ1) is 15.1. The van der Waals surface area contributed by atoms with Crippen LogP contribution in [-0.4, -0.2) is 28.2 Å². The molecular weight excluding hydrogens is 284 g/mol. The van der Waals surface area contributed by atoms with Gasteiger partial charge in [0.25, 0.3) is 0 Å². The number of benzene rings is 2. The van der Waals surface area contributed by atoms with Crippen LogP contribution in [0.5, 0.6) is 0 Å². The Bertz CT molecular complexity index is 482. The summed E-state index contributed by atoms with van der Waals surface area (Å²) in [7, 11) is 11.8. The summed E-state index contributed by atoms with van der Waals surface area (Å²) in [6.07, 6.45) is 0. The number of rotatable bonds is 5. The Hall–Kier alpha value is -1.26. The first-order chi connectivity index (χ1) is 9.56. The summed E-state index contributed by atoms with van der Waals surface area (Å²) in [6, 6.07) is 17.3. The van der Waals surface area contributed by atoms with Gasteiger partial charge in [0.1, 0.15) is 0 Å². The highest BCUT2D eigenvalue weighted by Gasteiger charge is 2.00. The van der Waals surface area contributed by atoms with Gasteiger partial charge in [-0.05, 0) is 48.5 Å². The van der Waals surface area contributed by atoms with E-state index < -0.39 is 0 Å². The maximum Gasteiger partial charge on any atom is 0.0361 e. The van der Waals surface area contributed by atoms with Gasteiger partial charge in [-0.3, -0.25) is 0 Å². The minimum atomic E-state index is 1.23. The highest BCUT2D eigenvalue weighted by Crippen LogP contribution is 2.38. The molecule has 0 bridgehead atoms. The van der Waals surface area contributed by atoms with Crippen LogP contribution in [0.15, 0.2) is 58.3 Å². The zero-order valence-electron chi connectivity index (χ0n) is 12.3. The first-order valence-corrected chi connectivity index (χ1v) is 8.60. The maximum atomic E-state index is 2.17. The van der Waals surface area contributed by atoms with Crippen LogP contribution in [-0.2, 0) is 0 Å². The smallest absolute Gasteiger partial charge is 0.0361 e. The lowest BCUT2D eigenvalue weighted by atomic mass is 10.3. The molecule has 0 heterocycles. The summed E-state index contributed by atoms with van der Waals surface area (Å²) in [6.45, 7) is 0. The molecule has 2 nitrogen and oxygen atoms in total. The lowest BCUT2D eigenvalue weighted by molar-refractivity contribution is 1.13. The second-order valence-electron chi connectivity index (χ2n) is 4.94. The minimum Gasteiger partial charge on any atom is -0.378 e. The normalized spacial score (nSPS) is 10.4. The molecule has 0 saturated carbocycles. The van der Waals surface area contributed by atoms with Crippen molar-refractivity contribution < 1.29 is 0 Å². The zero-order chi connectivity index (χ0) is 14.5. The molecule has 2 aromatic carbocycles. The van der Waals surface area contributed by atoms with Crippen molar-refractivity contribution in [1.82, 2.24) is 0 Å². The number of nitrogens with zero attached hydrogens (tertiary/aromatic N) is 2. The van der Waals surface area contributed by atoms with Crippen molar-refractivity contribution in [3.05, 3.63) is 48.5 Å². The van der Waals surface area contributed by atoms with Gasteiger partial charge in [-0.25, -0.2) is 0 Å². The molecule has 0 radical (unpaired) electrons. The fourth-order valence-electron chi connectivity index (χ4n) is 1.70. The van der Waals surface area contributed by atoms with Gasteiger partial charge in [0.05, 0.1) is 0 Å².